The first-order chi connectivity index (χ1) is 13.9. The first-order valence-electron chi connectivity index (χ1n) is 9.84. The van der Waals surface area contributed by atoms with Gasteiger partial charge in [-0.15, -0.1) is 0 Å². The summed E-state index contributed by atoms with van der Waals surface area (Å²) in [6, 6.07) is 9.28. The molecule has 0 unspecified atom stereocenters. The van der Waals surface area contributed by atoms with Crippen LogP contribution < -0.4 is 5.73 Å². The van der Waals surface area contributed by atoms with E-state index >= 15 is 0 Å². The van der Waals surface area contributed by atoms with Gasteiger partial charge in [0.05, 0.1) is 12.6 Å². The minimum atomic E-state index is -0.465. The fraction of sp³-hybridized carbons (Fsp3) is 0.500. The number of amides is 2. The molecule has 1 aromatic heterocycles. The first-order valence-corrected chi connectivity index (χ1v) is 9.84. The van der Waals surface area contributed by atoms with Gasteiger partial charge in [-0.2, -0.15) is 5.10 Å². The van der Waals surface area contributed by atoms with Crippen LogP contribution in [0.3, 0.4) is 0 Å². The predicted molar refractivity (Wildman–Crippen MR) is 106 cm³/mol. The van der Waals surface area contributed by atoms with E-state index in [1.54, 1.807) is 21.5 Å². The van der Waals surface area contributed by atoms with Crippen molar-refractivity contribution in [2.75, 3.05) is 26.7 Å². The third kappa shape index (κ3) is 3.82. The van der Waals surface area contributed by atoms with Crippen LogP contribution in [0.15, 0.2) is 30.3 Å². The van der Waals surface area contributed by atoms with Crippen molar-refractivity contribution in [2.45, 2.75) is 38.0 Å². The van der Waals surface area contributed by atoms with Gasteiger partial charge >= 0.3 is 6.09 Å². The highest BCUT2D eigenvalue weighted by molar-refractivity contribution is 5.76. The highest BCUT2D eigenvalue weighted by atomic mass is 16.6. The summed E-state index contributed by atoms with van der Waals surface area (Å²) in [7, 11) is 1.74. The number of piperidine rings is 1. The third-order valence-electron chi connectivity index (χ3n) is 5.59. The Bertz CT molecular complexity index is 902. The molecule has 0 saturated carbocycles. The summed E-state index contributed by atoms with van der Waals surface area (Å²) >= 11 is 0. The number of hydrogen-bond donors (Lipinski definition) is 1. The van der Waals surface area contributed by atoms with Gasteiger partial charge in [-0.25, -0.2) is 14.5 Å². The Balaban J connectivity index is 1.45. The molecule has 2 aliphatic rings. The molecule has 0 radical (unpaired) electrons. The molecule has 2 aromatic rings. The van der Waals surface area contributed by atoms with Crippen molar-refractivity contribution in [3.05, 3.63) is 36.2 Å². The Morgan fingerprint density at radius 2 is 1.97 bits per heavy atom. The lowest BCUT2D eigenvalue weighted by molar-refractivity contribution is -0.135. The van der Waals surface area contributed by atoms with Crippen LogP contribution in [0.2, 0.25) is 0 Å². The molecule has 154 valence electrons. The molecule has 2 amide bonds. The number of benzene rings is 1. The van der Waals surface area contributed by atoms with Crippen molar-refractivity contribution in [3.8, 4) is 11.4 Å². The third-order valence-corrected chi connectivity index (χ3v) is 5.59. The highest BCUT2D eigenvalue weighted by Gasteiger charge is 2.46. The quantitative estimate of drug-likeness (QED) is 0.835. The predicted octanol–water partition coefficient (Wildman–Crippen LogP) is 1.41. The molecule has 0 aliphatic carbocycles. The van der Waals surface area contributed by atoms with E-state index in [1.807, 2.05) is 37.3 Å². The normalized spacial score (nSPS) is 19.5. The standard InChI is InChI=1S/C20H26N6O3/c1-14(21)18-22-17(15-6-4-3-5-7-15)23-26(18)12-16(27)25-10-8-20(9-11-25)13-24(2)19(28)29-20/h3-7,14H,8-13,21H2,1-2H3/t14-/m0/s1. The van der Waals surface area contributed by atoms with Crippen molar-refractivity contribution in [3.63, 3.8) is 0 Å². The second-order valence-electron chi connectivity index (χ2n) is 7.89. The van der Waals surface area contributed by atoms with Gasteiger partial charge in [0, 0.05) is 38.5 Å². The zero-order valence-corrected chi connectivity index (χ0v) is 16.7. The van der Waals surface area contributed by atoms with Crippen molar-refractivity contribution >= 4 is 12.0 Å². The zero-order valence-electron chi connectivity index (χ0n) is 16.7. The second kappa shape index (κ2) is 7.47. The Labute approximate surface area is 169 Å². The molecule has 9 nitrogen and oxygen atoms in total. The van der Waals surface area contributed by atoms with E-state index in [4.69, 9.17) is 10.5 Å². The average Bonchev–Trinajstić information content (AvgIpc) is 3.24. The van der Waals surface area contributed by atoms with Crippen LogP contribution in [-0.2, 0) is 16.1 Å². The van der Waals surface area contributed by atoms with Gasteiger partial charge < -0.3 is 20.3 Å². The number of hydrogen-bond acceptors (Lipinski definition) is 6. The van der Waals surface area contributed by atoms with Crippen molar-refractivity contribution < 1.29 is 14.3 Å². The lowest BCUT2D eigenvalue weighted by Gasteiger charge is -2.37. The van der Waals surface area contributed by atoms with E-state index in [0.717, 1.165) is 5.56 Å². The Morgan fingerprint density at radius 3 is 2.55 bits per heavy atom. The van der Waals surface area contributed by atoms with Gasteiger partial charge in [0.1, 0.15) is 18.0 Å². The lowest BCUT2D eigenvalue weighted by Crippen LogP contribution is -2.49. The molecule has 3 heterocycles. The molecule has 1 aromatic carbocycles. The molecule has 29 heavy (non-hydrogen) atoms. The molecule has 2 saturated heterocycles. The summed E-state index contributed by atoms with van der Waals surface area (Å²) in [4.78, 5) is 32.5. The van der Waals surface area contributed by atoms with E-state index in [9.17, 15) is 9.59 Å². The van der Waals surface area contributed by atoms with Crippen LogP contribution in [0.4, 0.5) is 4.79 Å². The van der Waals surface area contributed by atoms with Crippen LogP contribution in [-0.4, -0.2) is 68.8 Å². The van der Waals surface area contributed by atoms with Gasteiger partial charge in [0.15, 0.2) is 5.82 Å². The summed E-state index contributed by atoms with van der Waals surface area (Å²) < 4.78 is 7.16. The molecule has 1 spiro atoms. The topological polar surface area (TPSA) is 107 Å². The Morgan fingerprint density at radius 1 is 1.28 bits per heavy atom. The smallest absolute Gasteiger partial charge is 0.410 e. The van der Waals surface area contributed by atoms with E-state index in [0.29, 0.717) is 44.1 Å². The van der Waals surface area contributed by atoms with Crippen molar-refractivity contribution in [1.29, 1.82) is 0 Å². The van der Waals surface area contributed by atoms with Crippen LogP contribution in [0.1, 0.15) is 31.6 Å². The maximum Gasteiger partial charge on any atom is 0.410 e. The Hall–Kier alpha value is -2.94. The van der Waals surface area contributed by atoms with Gasteiger partial charge in [0.2, 0.25) is 5.91 Å². The summed E-state index contributed by atoms with van der Waals surface area (Å²) in [6.45, 7) is 3.59. The molecule has 1 atom stereocenters. The van der Waals surface area contributed by atoms with E-state index in [-0.39, 0.29) is 24.6 Å². The Kier molecular flexibility index (Phi) is 4.99. The number of carbonyl (C=O) groups excluding carboxylic acids is 2. The summed E-state index contributed by atoms with van der Waals surface area (Å²) in [5.41, 5.74) is 6.48. The molecule has 2 aliphatic heterocycles. The number of carbonyl (C=O) groups is 2. The van der Waals surface area contributed by atoms with Crippen molar-refractivity contribution in [1.82, 2.24) is 24.6 Å². The molecule has 2 fully saturated rings. The molecule has 2 N–H and O–H groups in total. The lowest BCUT2D eigenvalue weighted by atomic mass is 9.91. The zero-order chi connectivity index (χ0) is 20.6. The summed E-state index contributed by atoms with van der Waals surface area (Å²) in [5, 5.41) is 4.53. The van der Waals surface area contributed by atoms with E-state index in [1.165, 1.54) is 0 Å². The van der Waals surface area contributed by atoms with Gasteiger partial charge in [-0.1, -0.05) is 30.3 Å². The maximum absolute atomic E-state index is 12.9. The fourth-order valence-corrected chi connectivity index (χ4v) is 3.96. The molecule has 9 heteroatoms. The van der Waals surface area contributed by atoms with E-state index < -0.39 is 5.60 Å². The van der Waals surface area contributed by atoms with Gasteiger partial charge in [0.25, 0.3) is 0 Å². The number of aromatic nitrogens is 3. The largest absolute Gasteiger partial charge is 0.441 e. The number of rotatable bonds is 4. The minimum absolute atomic E-state index is 0.0380. The van der Waals surface area contributed by atoms with Crippen molar-refractivity contribution in [2.24, 2.45) is 5.73 Å². The molecular formula is C20H26N6O3. The van der Waals surface area contributed by atoms with Gasteiger partial charge in [-0.05, 0) is 6.92 Å². The van der Waals surface area contributed by atoms with Crippen LogP contribution >= 0.6 is 0 Å². The number of nitrogens with zero attached hydrogens (tertiary/aromatic N) is 5. The first kappa shape index (κ1) is 19.4. The van der Waals surface area contributed by atoms with Crippen LogP contribution in [0.5, 0.6) is 0 Å². The summed E-state index contributed by atoms with van der Waals surface area (Å²) in [6.07, 6.45) is 0.991. The molecule has 4 rings (SSSR count). The summed E-state index contributed by atoms with van der Waals surface area (Å²) in [5.74, 6) is 1.10. The average molecular weight is 398 g/mol. The van der Waals surface area contributed by atoms with Gasteiger partial charge in [-0.3, -0.25) is 4.79 Å². The monoisotopic (exact) mass is 398 g/mol. The number of likely N-dealkylation sites (tertiary alicyclic amines) is 1. The number of ether oxygens (including phenoxy) is 1. The SMILES string of the molecule is C[C@H](N)c1nc(-c2ccccc2)nn1CC(=O)N1CCC2(CC1)CN(C)C(=O)O2. The maximum atomic E-state index is 12.9. The van der Waals surface area contributed by atoms with Crippen LogP contribution in [0.25, 0.3) is 11.4 Å². The molecular weight excluding hydrogens is 372 g/mol. The molecule has 0 bridgehead atoms. The van der Waals surface area contributed by atoms with Crippen LogP contribution in [0, 0.1) is 0 Å². The second-order valence-corrected chi connectivity index (χ2v) is 7.89. The fourth-order valence-electron chi connectivity index (χ4n) is 3.96. The highest BCUT2D eigenvalue weighted by Crippen LogP contribution is 2.32. The van der Waals surface area contributed by atoms with E-state index in [2.05, 4.69) is 10.1 Å². The minimum Gasteiger partial charge on any atom is -0.441 e. The number of nitrogens with two attached hydrogens (primary N) is 1. The number of likely N-dealkylation sites (N-methyl/N-ethyl adjacent to an activating group) is 1.